The topological polar surface area (TPSA) is 190 Å². The minimum Gasteiger partial charge on any atom is -0.480 e. The Balaban J connectivity index is 1.29. The third kappa shape index (κ3) is 6.65. The Morgan fingerprint density at radius 1 is 0.947 bits per heavy atom. The second-order valence-electron chi connectivity index (χ2n) is 9.49. The van der Waals surface area contributed by atoms with E-state index in [1.54, 1.807) is 11.4 Å². The number of likely N-dealkylation sites (tertiary alicyclic amines) is 2. The van der Waals surface area contributed by atoms with E-state index < -0.39 is 57.9 Å². The van der Waals surface area contributed by atoms with E-state index in [1.165, 1.54) is 11.0 Å². The molecule has 38 heavy (non-hydrogen) atoms. The van der Waals surface area contributed by atoms with Crippen molar-refractivity contribution in [1.29, 1.82) is 0 Å². The van der Waals surface area contributed by atoms with Crippen LogP contribution < -0.4 is 10.0 Å². The summed E-state index contributed by atoms with van der Waals surface area (Å²) in [5.41, 5.74) is 0. The first-order valence-electron chi connectivity index (χ1n) is 11.9. The lowest BCUT2D eigenvalue weighted by Crippen LogP contribution is -2.43. The van der Waals surface area contributed by atoms with Gasteiger partial charge in [-0.15, -0.1) is 23.1 Å². The summed E-state index contributed by atoms with van der Waals surface area (Å²) in [6, 6.07) is -0.562. The monoisotopic (exact) mass is 588 g/mol. The Bertz CT molecular complexity index is 1200. The normalized spacial score (nSPS) is 25.4. The number of thiophene rings is 1. The molecule has 0 bridgehead atoms. The van der Waals surface area contributed by atoms with Crippen molar-refractivity contribution in [2.45, 2.75) is 54.1 Å². The predicted molar refractivity (Wildman–Crippen MR) is 136 cm³/mol. The van der Waals surface area contributed by atoms with Gasteiger partial charge in [-0.25, -0.2) is 22.7 Å². The first-order valence-corrected chi connectivity index (χ1v) is 15.5. The van der Waals surface area contributed by atoms with Gasteiger partial charge in [0.15, 0.2) is 0 Å². The second kappa shape index (κ2) is 11.6. The Hall–Kier alpha value is -2.69. The predicted octanol–water partition coefficient (Wildman–Crippen LogP) is -0.606. The van der Waals surface area contributed by atoms with Crippen molar-refractivity contribution in [2.24, 2.45) is 5.92 Å². The fourth-order valence-corrected chi connectivity index (χ4v) is 7.66. The molecule has 0 aromatic carbocycles. The van der Waals surface area contributed by atoms with Crippen LogP contribution in [-0.4, -0.2) is 107 Å². The molecule has 16 heteroatoms. The van der Waals surface area contributed by atoms with Crippen LogP contribution in [0.3, 0.4) is 0 Å². The van der Waals surface area contributed by atoms with E-state index in [0.29, 0.717) is 0 Å². The van der Waals surface area contributed by atoms with Crippen molar-refractivity contribution < 1.29 is 42.6 Å². The Morgan fingerprint density at radius 2 is 1.50 bits per heavy atom. The van der Waals surface area contributed by atoms with Crippen LogP contribution in [0.1, 0.15) is 25.7 Å². The highest BCUT2D eigenvalue weighted by Crippen LogP contribution is 2.30. The minimum atomic E-state index is -3.85. The molecule has 1 saturated carbocycles. The number of carboxylic acids is 2. The van der Waals surface area contributed by atoms with Crippen molar-refractivity contribution in [1.82, 2.24) is 19.8 Å². The third-order valence-corrected chi connectivity index (χ3v) is 10.5. The molecule has 3 heterocycles. The zero-order chi connectivity index (χ0) is 27.6. The van der Waals surface area contributed by atoms with Gasteiger partial charge in [-0.3, -0.25) is 14.4 Å². The largest absolute Gasteiger partial charge is 0.480 e. The van der Waals surface area contributed by atoms with E-state index in [2.05, 4.69) is 10.0 Å². The van der Waals surface area contributed by atoms with Crippen molar-refractivity contribution in [2.75, 3.05) is 24.6 Å². The van der Waals surface area contributed by atoms with Crippen LogP contribution in [-0.2, 0) is 34.0 Å². The zero-order valence-corrected chi connectivity index (χ0v) is 22.6. The quantitative estimate of drug-likeness (QED) is 0.259. The van der Waals surface area contributed by atoms with Crippen molar-refractivity contribution in [3.05, 3.63) is 17.5 Å². The highest BCUT2D eigenvalue weighted by Gasteiger charge is 2.43. The summed E-state index contributed by atoms with van der Waals surface area (Å²) in [6.07, 6.45) is 1.60. The van der Waals surface area contributed by atoms with Gasteiger partial charge in [0.1, 0.15) is 16.3 Å². The highest BCUT2D eigenvalue weighted by atomic mass is 32.2. The Labute approximate surface area is 227 Å². The van der Waals surface area contributed by atoms with Crippen LogP contribution in [0.25, 0.3) is 0 Å². The number of nitrogens with one attached hydrogen (secondary N) is 2. The van der Waals surface area contributed by atoms with Gasteiger partial charge in [0.05, 0.1) is 11.5 Å². The van der Waals surface area contributed by atoms with Gasteiger partial charge in [0.25, 0.3) is 0 Å². The molecule has 2 saturated heterocycles. The van der Waals surface area contributed by atoms with Gasteiger partial charge >= 0.3 is 11.9 Å². The molecule has 3 fully saturated rings. The molecule has 13 nitrogen and oxygen atoms in total. The Kier molecular flexibility index (Phi) is 8.64. The summed E-state index contributed by atoms with van der Waals surface area (Å²) in [5, 5.41) is 23.5. The Morgan fingerprint density at radius 3 is 2.00 bits per heavy atom. The van der Waals surface area contributed by atoms with Crippen LogP contribution in [0.2, 0.25) is 0 Å². The summed E-state index contributed by atoms with van der Waals surface area (Å²) >= 11 is 1.94. The van der Waals surface area contributed by atoms with E-state index >= 15 is 0 Å². The number of rotatable bonds is 11. The maximum atomic E-state index is 12.8. The maximum absolute atomic E-state index is 12.8. The number of carboxylic acid groups (broad SMARTS) is 2. The molecule has 2 aliphatic heterocycles. The number of hydrogen-bond donors (Lipinski definition) is 4. The van der Waals surface area contributed by atoms with Crippen LogP contribution in [0.15, 0.2) is 21.7 Å². The van der Waals surface area contributed by atoms with Gasteiger partial charge in [-0.05, 0) is 30.7 Å². The number of hydrogen-bond acceptors (Lipinski definition) is 9. The van der Waals surface area contributed by atoms with E-state index in [4.69, 9.17) is 0 Å². The molecule has 4 N–H and O–H groups in total. The average Bonchev–Trinajstić information content (AvgIpc) is 3.23. The van der Waals surface area contributed by atoms with Crippen LogP contribution in [0, 0.1) is 5.92 Å². The molecular weight excluding hydrogens is 560 g/mol. The molecule has 0 spiro atoms. The molecule has 1 aromatic rings. The lowest BCUT2D eigenvalue weighted by atomic mass is 10.1. The molecule has 0 radical (unpaired) electrons. The maximum Gasteiger partial charge on any atom is 0.326 e. The number of carbonyl (C=O) groups is 5. The fourth-order valence-electron chi connectivity index (χ4n) is 4.63. The lowest BCUT2D eigenvalue weighted by molar-refractivity contribution is -0.147. The summed E-state index contributed by atoms with van der Waals surface area (Å²) in [7, 11) is -3.85. The second-order valence-corrected chi connectivity index (χ2v) is 13.4. The van der Waals surface area contributed by atoms with E-state index in [0.717, 1.165) is 40.8 Å². The molecule has 4 unspecified atom stereocenters. The summed E-state index contributed by atoms with van der Waals surface area (Å²) < 4.78 is 27.5. The van der Waals surface area contributed by atoms with Crippen LogP contribution >= 0.6 is 23.1 Å². The molecule has 208 valence electrons. The van der Waals surface area contributed by atoms with Gasteiger partial charge in [0, 0.05) is 37.5 Å². The average molecular weight is 589 g/mol. The fraction of sp³-hybridized carbons (Fsp3) is 0.591. The van der Waals surface area contributed by atoms with Crippen LogP contribution in [0.4, 0.5) is 0 Å². The van der Waals surface area contributed by atoms with E-state index in [9.17, 15) is 42.6 Å². The van der Waals surface area contributed by atoms with Crippen molar-refractivity contribution >= 4 is 62.8 Å². The van der Waals surface area contributed by atoms with Gasteiger partial charge in [0.2, 0.25) is 27.7 Å². The van der Waals surface area contributed by atoms with Gasteiger partial charge in [-0.1, -0.05) is 6.07 Å². The zero-order valence-electron chi connectivity index (χ0n) is 20.1. The SMILES string of the molecule is O=C(NC1CC(C(=O)O)N(C(=O)CSCC(=O)N2CC(NS(=O)(=O)c3cccs3)CC2C(=O)O)C1)C1CC1. The number of nitrogens with zero attached hydrogens (tertiary/aromatic N) is 2. The molecular formula is C22H28N4O9S3. The summed E-state index contributed by atoms with van der Waals surface area (Å²) in [5.74, 6) is -4.15. The van der Waals surface area contributed by atoms with Crippen molar-refractivity contribution in [3.8, 4) is 0 Å². The molecule has 4 atom stereocenters. The number of carbonyl (C=O) groups excluding carboxylic acids is 3. The van der Waals surface area contributed by atoms with Crippen LogP contribution in [0.5, 0.6) is 0 Å². The van der Waals surface area contributed by atoms with E-state index in [1.807, 2.05) is 0 Å². The number of sulfonamides is 1. The molecule has 3 amide bonds. The summed E-state index contributed by atoms with van der Waals surface area (Å²) in [4.78, 5) is 63.3. The first-order chi connectivity index (χ1) is 18.0. The van der Waals surface area contributed by atoms with E-state index in [-0.39, 0.29) is 53.5 Å². The van der Waals surface area contributed by atoms with Gasteiger partial charge in [-0.2, -0.15) is 0 Å². The van der Waals surface area contributed by atoms with Gasteiger partial charge < -0.3 is 25.3 Å². The molecule has 3 aliphatic rings. The smallest absolute Gasteiger partial charge is 0.326 e. The highest BCUT2D eigenvalue weighted by molar-refractivity contribution is 8.00. The van der Waals surface area contributed by atoms with Crippen molar-refractivity contribution in [3.63, 3.8) is 0 Å². The third-order valence-electron chi connectivity index (χ3n) is 6.64. The molecule has 4 rings (SSSR count). The summed E-state index contributed by atoms with van der Waals surface area (Å²) in [6.45, 7) is -0.0768. The number of thioether (sulfide) groups is 1. The lowest BCUT2D eigenvalue weighted by Gasteiger charge is -2.23. The molecule has 1 aromatic heterocycles. The first kappa shape index (κ1) is 28.3. The molecule has 1 aliphatic carbocycles. The number of amides is 3. The standard InChI is InChI=1S/C22H28N4O9S3/c27-17(25-8-13(6-15(25)21(30)31)23-20(29)12-3-4-12)10-36-11-18(28)26-9-14(7-16(26)22(32)33)24-38(34,35)19-2-1-5-37-19/h1-2,5,12-16,24H,3-4,6-11H2,(H,23,29)(H,30,31)(H,32,33). The number of aliphatic carboxylic acids is 2. The minimum absolute atomic E-state index is 0.0459.